The predicted molar refractivity (Wildman–Crippen MR) is 109 cm³/mol. The van der Waals surface area contributed by atoms with Gasteiger partial charge in [0.25, 0.3) is 0 Å². The lowest BCUT2D eigenvalue weighted by molar-refractivity contribution is 0.190. The predicted octanol–water partition coefficient (Wildman–Crippen LogP) is 7.61. The van der Waals surface area contributed by atoms with Crippen molar-refractivity contribution in [1.29, 1.82) is 0 Å². The fourth-order valence-corrected chi connectivity index (χ4v) is 4.64. The highest BCUT2D eigenvalue weighted by Crippen LogP contribution is 2.44. The maximum atomic E-state index is 9.61. The number of rotatable bonds is 7. The zero-order valence-electron chi connectivity index (χ0n) is 16.6. The van der Waals surface area contributed by atoms with Crippen molar-refractivity contribution in [3.8, 4) is 5.75 Å². The van der Waals surface area contributed by atoms with E-state index >= 15 is 0 Å². The number of allylic oxidation sites excluding steroid dienone is 2. The highest BCUT2D eigenvalue weighted by molar-refractivity contribution is 5.29. The Morgan fingerprint density at radius 2 is 1.64 bits per heavy atom. The standard InChI is InChI=1S/C24H38O/c1-4-5-6-7-10-17-24(3)18-20(2)11-8-9-12-22(19-24)21-13-15-23(25)16-14-21/h8-9,13-16,20,22,25H,4-7,10-12,17-19H2,1-3H3. The number of benzene rings is 1. The van der Waals surface area contributed by atoms with Crippen molar-refractivity contribution in [2.75, 3.05) is 0 Å². The summed E-state index contributed by atoms with van der Waals surface area (Å²) in [6.45, 7) is 7.24. The van der Waals surface area contributed by atoms with Gasteiger partial charge in [0.2, 0.25) is 0 Å². The van der Waals surface area contributed by atoms with Crippen molar-refractivity contribution < 1.29 is 5.11 Å². The van der Waals surface area contributed by atoms with Crippen molar-refractivity contribution in [1.82, 2.24) is 0 Å². The first-order chi connectivity index (χ1) is 12.0. The Kier molecular flexibility index (Phi) is 8.06. The van der Waals surface area contributed by atoms with E-state index in [0.29, 0.717) is 17.1 Å². The van der Waals surface area contributed by atoms with Gasteiger partial charge in [0.05, 0.1) is 0 Å². The summed E-state index contributed by atoms with van der Waals surface area (Å²) in [7, 11) is 0. The van der Waals surface area contributed by atoms with E-state index in [9.17, 15) is 5.11 Å². The van der Waals surface area contributed by atoms with Gasteiger partial charge in [-0.2, -0.15) is 0 Å². The van der Waals surface area contributed by atoms with Crippen LogP contribution in [0.25, 0.3) is 0 Å². The third kappa shape index (κ3) is 6.88. The highest BCUT2D eigenvalue weighted by atomic mass is 16.3. The zero-order chi connectivity index (χ0) is 18.1. The summed E-state index contributed by atoms with van der Waals surface area (Å²) in [6, 6.07) is 7.93. The van der Waals surface area contributed by atoms with Gasteiger partial charge >= 0.3 is 0 Å². The molecular weight excluding hydrogens is 304 g/mol. The topological polar surface area (TPSA) is 20.2 Å². The lowest BCUT2D eigenvalue weighted by atomic mass is 9.70. The van der Waals surface area contributed by atoms with E-state index in [2.05, 4.69) is 45.1 Å². The maximum Gasteiger partial charge on any atom is 0.115 e. The molecule has 0 fully saturated rings. The first-order valence-corrected chi connectivity index (χ1v) is 10.5. The molecule has 0 radical (unpaired) electrons. The molecule has 0 amide bonds. The van der Waals surface area contributed by atoms with Crippen LogP contribution in [0, 0.1) is 11.3 Å². The molecule has 0 saturated heterocycles. The molecule has 1 aromatic carbocycles. The Bertz CT molecular complexity index is 515. The molecule has 140 valence electrons. The monoisotopic (exact) mass is 342 g/mol. The van der Waals surface area contributed by atoms with Crippen LogP contribution in [-0.2, 0) is 0 Å². The number of phenols is 1. The van der Waals surface area contributed by atoms with Gasteiger partial charge < -0.3 is 5.11 Å². The van der Waals surface area contributed by atoms with Gasteiger partial charge in [-0.1, -0.05) is 77.2 Å². The molecule has 3 atom stereocenters. The van der Waals surface area contributed by atoms with Crippen LogP contribution in [-0.4, -0.2) is 5.11 Å². The van der Waals surface area contributed by atoms with E-state index < -0.39 is 0 Å². The smallest absolute Gasteiger partial charge is 0.115 e. The second-order valence-corrected chi connectivity index (χ2v) is 8.72. The molecule has 1 aliphatic carbocycles. The molecule has 1 aliphatic rings. The number of hydrogen-bond acceptors (Lipinski definition) is 1. The molecule has 1 aromatic rings. The second-order valence-electron chi connectivity index (χ2n) is 8.72. The minimum absolute atomic E-state index is 0.370. The maximum absolute atomic E-state index is 9.61. The minimum atomic E-state index is 0.370. The minimum Gasteiger partial charge on any atom is -0.508 e. The van der Waals surface area contributed by atoms with Crippen LogP contribution >= 0.6 is 0 Å². The van der Waals surface area contributed by atoms with E-state index in [1.807, 2.05) is 12.1 Å². The summed E-state index contributed by atoms with van der Waals surface area (Å²) in [5.41, 5.74) is 1.81. The van der Waals surface area contributed by atoms with Gasteiger partial charge in [0.1, 0.15) is 5.75 Å². The molecule has 1 nitrogen and oxygen atoms in total. The first-order valence-electron chi connectivity index (χ1n) is 10.5. The largest absolute Gasteiger partial charge is 0.508 e. The van der Waals surface area contributed by atoms with Crippen molar-refractivity contribution in [2.24, 2.45) is 11.3 Å². The van der Waals surface area contributed by atoms with Crippen molar-refractivity contribution in [3.63, 3.8) is 0 Å². The van der Waals surface area contributed by atoms with Crippen LogP contribution in [0.1, 0.15) is 96.5 Å². The average molecular weight is 343 g/mol. The van der Waals surface area contributed by atoms with Gasteiger partial charge in [-0.3, -0.25) is 0 Å². The van der Waals surface area contributed by atoms with Crippen molar-refractivity contribution >= 4 is 0 Å². The van der Waals surface area contributed by atoms with Gasteiger partial charge in [0.15, 0.2) is 0 Å². The van der Waals surface area contributed by atoms with E-state index in [-0.39, 0.29) is 0 Å². The quantitative estimate of drug-likeness (QED) is 0.399. The fourth-order valence-electron chi connectivity index (χ4n) is 4.64. The van der Waals surface area contributed by atoms with E-state index in [1.165, 1.54) is 63.4 Å². The van der Waals surface area contributed by atoms with Crippen LogP contribution in [0.2, 0.25) is 0 Å². The Morgan fingerprint density at radius 3 is 2.36 bits per heavy atom. The molecule has 25 heavy (non-hydrogen) atoms. The third-order valence-corrected chi connectivity index (χ3v) is 5.95. The molecular formula is C24H38O. The Morgan fingerprint density at radius 1 is 0.960 bits per heavy atom. The Labute approximate surface area is 155 Å². The Balaban J connectivity index is 2.07. The van der Waals surface area contributed by atoms with E-state index in [1.54, 1.807) is 0 Å². The van der Waals surface area contributed by atoms with Crippen LogP contribution < -0.4 is 0 Å². The van der Waals surface area contributed by atoms with Crippen molar-refractivity contribution in [3.05, 3.63) is 42.0 Å². The summed E-state index contributed by atoms with van der Waals surface area (Å²) in [5, 5.41) is 9.61. The summed E-state index contributed by atoms with van der Waals surface area (Å²) in [5.74, 6) is 1.72. The van der Waals surface area contributed by atoms with Gasteiger partial charge in [-0.05, 0) is 67.1 Å². The molecule has 0 aliphatic heterocycles. The first kappa shape index (κ1) is 20.1. The van der Waals surface area contributed by atoms with E-state index in [0.717, 1.165) is 12.3 Å². The summed E-state index contributed by atoms with van der Waals surface area (Å²) in [6.07, 6.45) is 17.9. The number of unbranched alkanes of at least 4 members (excludes halogenated alkanes) is 4. The molecule has 0 saturated carbocycles. The molecule has 0 spiro atoms. The highest BCUT2D eigenvalue weighted by Gasteiger charge is 2.30. The third-order valence-electron chi connectivity index (χ3n) is 5.95. The van der Waals surface area contributed by atoms with Crippen LogP contribution in [0.15, 0.2) is 36.4 Å². The summed E-state index contributed by atoms with van der Waals surface area (Å²) in [4.78, 5) is 0. The van der Waals surface area contributed by atoms with Crippen LogP contribution in [0.4, 0.5) is 0 Å². The number of phenolic OH excluding ortho intramolecular Hbond substituents is 1. The van der Waals surface area contributed by atoms with Crippen LogP contribution in [0.3, 0.4) is 0 Å². The van der Waals surface area contributed by atoms with Gasteiger partial charge in [0, 0.05) is 0 Å². The van der Waals surface area contributed by atoms with E-state index in [4.69, 9.17) is 0 Å². The fraction of sp³-hybridized carbons (Fsp3) is 0.667. The molecule has 2 rings (SSSR count). The molecule has 0 aromatic heterocycles. The normalized spacial score (nSPS) is 27.5. The second kappa shape index (κ2) is 10.0. The lowest BCUT2D eigenvalue weighted by Gasteiger charge is -2.35. The molecule has 1 heteroatoms. The summed E-state index contributed by atoms with van der Waals surface area (Å²) < 4.78 is 0. The van der Waals surface area contributed by atoms with Gasteiger partial charge in [-0.15, -0.1) is 0 Å². The number of aromatic hydroxyl groups is 1. The lowest BCUT2D eigenvalue weighted by Crippen LogP contribution is -2.22. The SMILES string of the molecule is CCCCCCCC1(C)CC(C)CC=CCC(c2ccc(O)cc2)C1. The Hall–Kier alpha value is -1.24. The molecule has 1 N–H and O–H groups in total. The summed E-state index contributed by atoms with van der Waals surface area (Å²) >= 11 is 0. The molecule has 0 heterocycles. The average Bonchev–Trinajstić information content (AvgIpc) is 2.64. The zero-order valence-corrected chi connectivity index (χ0v) is 16.6. The van der Waals surface area contributed by atoms with Gasteiger partial charge in [-0.25, -0.2) is 0 Å². The molecule has 0 bridgehead atoms. The number of hydrogen-bond donors (Lipinski definition) is 1. The van der Waals surface area contributed by atoms with Crippen LogP contribution in [0.5, 0.6) is 5.75 Å². The molecule has 3 unspecified atom stereocenters. The van der Waals surface area contributed by atoms with Crippen molar-refractivity contribution in [2.45, 2.75) is 90.9 Å².